The molecule has 0 N–H and O–H groups in total. The van der Waals surface area contributed by atoms with Gasteiger partial charge in [-0.3, -0.25) is 4.79 Å². The molecule has 0 radical (unpaired) electrons. The monoisotopic (exact) mass is 393 g/mol. The van der Waals surface area contributed by atoms with Crippen molar-refractivity contribution in [3.05, 3.63) is 60.2 Å². The number of hydrogen-bond donors (Lipinski definition) is 0. The van der Waals surface area contributed by atoms with Crippen LogP contribution in [-0.2, 0) is 21.5 Å². The molecule has 0 aliphatic carbocycles. The van der Waals surface area contributed by atoms with E-state index in [9.17, 15) is 13.2 Å². The van der Waals surface area contributed by atoms with Crippen LogP contribution in [0.15, 0.2) is 59.5 Å². The molecule has 26 heavy (non-hydrogen) atoms. The summed E-state index contributed by atoms with van der Waals surface area (Å²) >= 11 is 1.52. The minimum Gasteiger partial charge on any atom is -0.383 e. The Bertz CT molecular complexity index is 818. The molecule has 140 valence electrons. The van der Waals surface area contributed by atoms with Crippen molar-refractivity contribution in [2.24, 2.45) is 0 Å². The molecule has 0 unspecified atom stereocenters. The Labute approximate surface area is 159 Å². The topological polar surface area (TPSA) is 63.7 Å². The summed E-state index contributed by atoms with van der Waals surface area (Å²) < 4.78 is 27.1. The van der Waals surface area contributed by atoms with Crippen molar-refractivity contribution in [2.75, 3.05) is 12.0 Å². The van der Waals surface area contributed by atoms with Gasteiger partial charge in [-0.05, 0) is 43.7 Å². The molecule has 0 saturated heterocycles. The van der Waals surface area contributed by atoms with Gasteiger partial charge in [0.15, 0.2) is 0 Å². The standard InChI is InChI=1S/C19H23NO4S2/c1-15(2)20(19(21)14-25-18-7-5-4-6-8-18)13-16-9-11-17(12-10-16)24-26(3,22)23/h4-12,15H,13-14H2,1-3H3. The number of carbonyl (C=O) groups is 1. The van der Waals surface area contributed by atoms with Crippen LogP contribution >= 0.6 is 11.8 Å². The average molecular weight is 394 g/mol. The second kappa shape index (κ2) is 9.09. The van der Waals surface area contributed by atoms with Gasteiger partial charge in [-0.1, -0.05) is 30.3 Å². The summed E-state index contributed by atoms with van der Waals surface area (Å²) in [5, 5.41) is 0. The lowest BCUT2D eigenvalue weighted by atomic mass is 10.2. The van der Waals surface area contributed by atoms with Gasteiger partial charge in [0, 0.05) is 17.5 Å². The van der Waals surface area contributed by atoms with Crippen molar-refractivity contribution < 1.29 is 17.4 Å². The Morgan fingerprint density at radius 2 is 1.69 bits per heavy atom. The van der Waals surface area contributed by atoms with Crippen LogP contribution in [0.3, 0.4) is 0 Å². The van der Waals surface area contributed by atoms with Crippen LogP contribution in [0.5, 0.6) is 5.75 Å². The van der Waals surface area contributed by atoms with Crippen LogP contribution in [0, 0.1) is 0 Å². The smallest absolute Gasteiger partial charge is 0.306 e. The quantitative estimate of drug-likeness (QED) is 0.507. The highest BCUT2D eigenvalue weighted by molar-refractivity contribution is 8.00. The van der Waals surface area contributed by atoms with E-state index in [-0.39, 0.29) is 17.7 Å². The predicted molar refractivity (Wildman–Crippen MR) is 105 cm³/mol. The van der Waals surface area contributed by atoms with E-state index >= 15 is 0 Å². The maximum Gasteiger partial charge on any atom is 0.306 e. The fourth-order valence-electron chi connectivity index (χ4n) is 2.33. The minimum absolute atomic E-state index is 0.0605. The maximum absolute atomic E-state index is 12.6. The zero-order chi connectivity index (χ0) is 19.2. The van der Waals surface area contributed by atoms with Crippen LogP contribution in [0.2, 0.25) is 0 Å². The van der Waals surface area contributed by atoms with E-state index in [0.717, 1.165) is 16.7 Å². The van der Waals surface area contributed by atoms with Gasteiger partial charge in [0.2, 0.25) is 5.91 Å². The van der Waals surface area contributed by atoms with Crippen molar-refractivity contribution in [3.63, 3.8) is 0 Å². The Balaban J connectivity index is 1.99. The van der Waals surface area contributed by atoms with Crippen molar-refractivity contribution in [2.45, 2.75) is 31.3 Å². The molecule has 2 aromatic carbocycles. The fourth-order valence-corrected chi connectivity index (χ4v) is 3.59. The Morgan fingerprint density at radius 3 is 2.23 bits per heavy atom. The Hall–Kier alpha value is -1.99. The SMILES string of the molecule is CC(C)N(Cc1ccc(OS(C)(=O)=O)cc1)C(=O)CSc1ccccc1. The first-order chi connectivity index (χ1) is 12.2. The fraction of sp³-hybridized carbons (Fsp3) is 0.316. The number of thioether (sulfide) groups is 1. The number of nitrogens with zero attached hydrogens (tertiary/aromatic N) is 1. The van der Waals surface area contributed by atoms with E-state index in [2.05, 4.69) is 0 Å². The van der Waals surface area contributed by atoms with Gasteiger partial charge < -0.3 is 9.08 Å². The third kappa shape index (κ3) is 6.72. The molecule has 0 atom stereocenters. The first-order valence-electron chi connectivity index (χ1n) is 8.20. The third-order valence-corrected chi connectivity index (χ3v) is 5.07. The zero-order valence-corrected chi connectivity index (χ0v) is 16.7. The molecule has 5 nitrogen and oxygen atoms in total. The first-order valence-corrected chi connectivity index (χ1v) is 11.0. The normalized spacial score (nSPS) is 11.4. The highest BCUT2D eigenvalue weighted by Gasteiger charge is 2.17. The summed E-state index contributed by atoms with van der Waals surface area (Å²) in [6, 6.07) is 16.6. The number of carbonyl (C=O) groups excluding carboxylic acids is 1. The largest absolute Gasteiger partial charge is 0.383 e. The second-order valence-electron chi connectivity index (χ2n) is 6.15. The highest BCUT2D eigenvalue weighted by atomic mass is 32.2. The van der Waals surface area contributed by atoms with E-state index in [4.69, 9.17) is 4.18 Å². The van der Waals surface area contributed by atoms with E-state index in [0.29, 0.717) is 12.3 Å². The first kappa shape index (κ1) is 20.3. The molecule has 2 aromatic rings. The third-order valence-electron chi connectivity index (χ3n) is 3.57. The van der Waals surface area contributed by atoms with Gasteiger partial charge >= 0.3 is 10.1 Å². The maximum atomic E-state index is 12.6. The summed E-state index contributed by atoms with van der Waals surface area (Å²) in [4.78, 5) is 15.5. The molecule has 7 heteroatoms. The Kier molecular flexibility index (Phi) is 7.11. The van der Waals surface area contributed by atoms with Gasteiger partial charge in [-0.25, -0.2) is 0 Å². The minimum atomic E-state index is -3.54. The number of rotatable bonds is 8. The average Bonchev–Trinajstić information content (AvgIpc) is 2.58. The summed E-state index contributed by atoms with van der Waals surface area (Å²) in [5.41, 5.74) is 0.914. The van der Waals surface area contributed by atoms with Gasteiger partial charge in [0.05, 0.1) is 12.0 Å². The second-order valence-corrected chi connectivity index (χ2v) is 8.77. The molecular formula is C19H23NO4S2. The number of benzene rings is 2. The van der Waals surface area contributed by atoms with Crippen LogP contribution in [0.25, 0.3) is 0 Å². The Morgan fingerprint density at radius 1 is 1.08 bits per heavy atom. The molecule has 0 aromatic heterocycles. The van der Waals surface area contributed by atoms with Gasteiger partial charge in [-0.15, -0.1) is 11.8 Å². The number of amides is 1. The summed E-state index contributed by atoms with van der Waals surface area (Å²) in [6.45, 7) is 4.42. The van der Waals surface area contributed by atoms with E-state index in [1.165, 1.54) is 11.8 Å². The summed E-state index contributed by atoms with van der Waals surface area (Å²) in [7, 11) is -3.54. The van der Waals surface area contributed by atoms with Crippen LogP contribution in [0.4, 0.5) is 0 Å². The zero-order valence-electron chi connectivity index (χ0n) is 15.1. The highest BCUT2D eigenvalue weighted by Crippen LogP contribution is 2.20. The van der Waals surface area contributed by atoms with Crippen LogP contribution < -0.4 is 4.18 Å². The lowest BCUT2D eigenvalue weighted by Crippen LogP contribution is -2.37. The van der Waals surface area contributed by atoms with Gasteiger partial charge in [0.1, 0.15) is 5.75 Å². The van der Waals surface area contributed by atoms with Crippen molar-refractivity contribution in [1.29, 1.82) is 0 Å². The molecule has 0 heterocycles. The number of hydrogen-bond acceptors (Lipinski definition) is 5. The molecule has 0 fully saturated rings. The van der Waals surface area contributed by atoms with Gasteiger partial charge in [0.25, 0.3) is 0 Å². The van der Waals surface area contributed by atoms with E-state index in [1.54, 1.807) is 24.3 Å². The molecule has 2 rings (SSSR count). The van der Waals surface area contributed by atoms with Crippen LogP contribution in [-0.4, -0.2) is 37.3 Å². The lowest BCUT2D eigenvalue weighted by molar-refractivity contribution is -0.130. The molecule has 0 aliphatic heterocycles. The molecule has 0 saturated carbocycles. The summed E-state index contributed by atoms with van der Waals surface area (Å²) in [5.74, 6) is 0.695. The van der Waals surface area contributed by atoms with Gasteiger partial charge in [-0.2, -0.15) is 8.42 Å². The van der Waals surface area contributed by atoms with Crippen molar-refractivity contribution in [1.82, 2.24) is 4.90 Å². The van der Waals surface area contributed by atoms with Crippen LogP contribution in [0.1, 0.15) is 19.4 Å². The predicted octanol–water partition coefficient (Wildman–Crippen LogP) is 3.55. The molecule has 0 bridgehead atoms. The van der Waals surface area contributed by atoms with Crippen molar-refractivity contribution in [3.8, 4) is 5.75 Å². The lowest BCUT2D eigenvalue weighted by Gasteiger charge is -2.27. The molecule has 0 aliphatic rings. The van der Waals surface area contributed by atoms with E-state index < -0.39 is 10.1 Å². The molecular weight excluding hydrogens is 370 g/mol. The molecule has 0 spiro atoms. The molecule has 1 amide bonds. The van der Waals surface area contributed by atoms with Crippen molar-refractivity contribution >= 4 is 27.8 Å². The summed E-state index contributed by atoms with van der Waals surface area (Å²) in [6.07, 6.45) is 1.00. The van der Waals surface area contributed by atoms with E-state index in [1.807, 2.05) is 49.1 Å².